The van der Waals surface area contributed by atoms with Gasteiger partial charge in [-0.25, -0.2) is 0 Å². The van der Waals surface area contributed by atoms with E-state index in [1.165, 1.54) is 4.90 Å². The molecule has 0 bridgehead atoms. The standard InChI is InChI=1S/C13H11Cl2F2NO/c1-7(12(16)17)13(19)18-5-4-8-2-3-10(14)11(15)9(8)6-18/h2-3H,4-6H2,1H3. The number of carbonyl (C=O) groups is 1. The normalized spacial score (nSPS) is 14.1. The monoisotopic (exact) mass is 305 g/mol. The molecule has 0 aromatic heterocycles. The van der Waals surface area contributed by atoms with E-state index in [4.69, 9.17) is 23.2 Å². The Balaban J connectivity index is 2.30. The summed E-state index contributed by atoms with van der Waals surface area (Å²) >= 11 is 12.0. The smallest absolute Gasteiger partial charge is 0.278 e. The molecule has 102 valence electrons. The molecule has 0 saturated heterocycles. The number of benzene rings is 1. The van der Waals surface area contributed by atoms with Crippen LogP contribution in [-0.2, 0) is 17.8 Å². The van der Waals surface area contributed by atoms with Gasteiger partial charge in [-0.2, -0.15) is 8.78 Å². The Morgan fingerprint density at radius 3 is 2.63 bits per heavy atom. The number of hydrogen-bond acceptors (Lipinski definition) is 1. The third-order valence-electron chi connectivity index (χ3n) is 3.18. The van der Waals surface area contributed by atoms with Crippen molar-refractivity contribution >= 4 is 29.1 Å². The number of nitrogens with zero attached hydrogens (tertiary/aromatic N) is 1. The van der Waals surface area contributed by atoms with Gasteiger partial charge in [0.05, 0.1) is 15.6 Å². The van der Waals surface area contributed by atoms with Crippen molar-refractivity contribution in [2.75, 3.05) is 6.54 Å². The average Bonchev–Trinajstić information content (AvgIpc) is 2.41. The highest BCUT2D eigenvalue weighted by Crippen LogP contribution is 2.32. The van der Waals surface area contributed by atoms with Gasteiger partial charge in [0.2, 0.25) is 0 Å². The van der Waals surface area contributed by atoms with Crippen molar-refractivity contribution in [3.63, 3.8) is 0 Å². The van der Waals surface area contributed by atoms with Crippen LogP contribution in [-0.4, -0.2) is 17.4 Å². The van der Waals surface area contributed by atoms with Crippen molar-refractivity contribution in [2.24, 2.45) is 0 Å². The van der Waals surface area contributed by atoms with Crippen LogP contribution >= 0.6 is 23.2 Å². The van der Waals surface area contributed by atoms with Crippen molar-refractivity contribution < 1.29 is 13.6 Å². The summed E-state index contributed by atoms with van der Waals surface area (Å²) in [6, 6.07) is 3.55. The third kappa shape index (κ3) is 2.74. The van der Waals surface area contributed by atoms with E-state index in [1.54, 1.807) is 6.07 Å². The molecule has 0 N–H and O–H groups in total. The zero-order valence-electron chi connectivity index (χ0n) is 10.1. The summed E-state index contributed by atoms with van der Waals surface area (Å²) in [7, 11) is 0. The Kier molecular flexibility index (Phi) is 4.11. The van der Waals surface area contributed by atoms with E-state index in [0.29, 0.717) is 23.0 Å². The second-order valence-corrected chi connectivity index (χ2v) is 5.15. The van der Waals surface area contributed by atoms with Crippen molar-refractivity contribution in [2.45, 2.75) is 19.9 Å². The molecule has 0 saturated carbocycles. The Labute approximate surface area is 119 Å². The minimum Gasteiger partial charge on any atom is -0.334 e. The predicted molar refractivity (Wildman–Crippen MR) is 70.5 cm³/mol. The van der Waals surface area contributed by atoms with Gasteiger partial charge in [0.15, 0.2) is 0 Å². The summed E-state index contributed by atoms with van der Waals surface area (Å²) in [5.41, 5.74) is 1.21. The molecule has 0 spiro atoms. The van der Waals surface area contributed by atoms with Crippen molar-refractivity contribution in [1.29, 1.82) is 0 Å². The fraction of sp³-hybridized carbons (Fsp3) is 0.308. The zero-order chi connectivity index (χ0) is 14.2. The molecule has 1 amide bonds. The first kappa shape index (κ1) is 14.3. The fourth-order valence-electron chi connectivity index (χ4n) is 2.05. The molecule has 0 aliphatic carbocycles. The molecular formula is C13H11Cl2F2NO. The molecule has 0 fully saturated rings. The third-order valence-corrected chi connectivity index (χ3v) is 4.03. The first-order valence-electron chi connectivity index (χ1n) is 5.68. The Bertz CT molecular complexity index is 568. The molecule has 1 aromatic carbocycles. The Morgan fingerprint density at radius 1 is 1.32 bits per heavy atom. The first-order valence-corrected chi connectivity index (χ1v) is 6.44. The van der Waals surface area contributed by atoms with E-state index in [1.807, 2.05) is 6.07 Å². The zero-order valence-corrected chi connectivity index (χ0v) is 11.7. The number of hydrogen-bond donors (Lipinski definition) is 0. The summed E-state index contributed by atoms with van der Waals surface area (Å²) in [5.74, 6) is -0.665. The molecule has 0 unspecified atom stereocenters. The number of amides is 1. The summed E-state index contributed by atoms with van der Waals surface area (Å²) in [5, 5.41) is 0.790. The van der Waals surface area contributed by atoms with Gasteiger partial charge in [-0.15, -0.1) is 0 Å². The Hall–Kier alpha value is -1.13. The van der Waals surface area contributed by atoms with Crippen LogP contribution in [0.15, 0.2) is 23.8 Å². The number of halogens is 4. The van der Waals surface area contributed by atoms with Crippen molar-refractivity contribution in [1.82, 2.24) is 4.90 Å². The van der Waals surface area contributed by atoms with Crippen molar-refractivity contribution in [3.8, 4) is 0 Å². The second-order valence-electron chi connectivity index (χ2n) is 4.36. The fourth-order valence-corrected chi connectivity index (χ4v) is 2.48. The molecule has 1 aliphatic rings. The van der Waals surface area contributed by atoms with Crippen LogP contribution in [0.25, 0.3) is 0 Å². The lowest BCUT2D eigenvalue weighted by Gasteiger charge is -2.29. The van der Waals surface area contributed by atoms with Gasteiger partial charge >= 0.3 is 0 Å². The largest absolute Gasteiger partial charge is 0.334 e. The van der Waals surface area contributed by atoms with E-state index in [9.17, 15) is 13.6 Å². The first-order chi connectivity index (χ1) is 8.91. The van der Waals surface area contributed by atoms with E-state index < -0.39 is 17.6 Å². The van der Waals surface area contributed by atoms with Crippen LogP contribution in [0.5, 0.6) is 0 Å². The maximum atomic E-state index is 12.5. The molecule has 0 radical (unpaired) electrons. The van der Waals surface area contributed by atoms with Crippen LogP contribution in [0.2, 0.25) is 10.0 Å². The molecule has 2 rings (SSSR count). The minimum atomic E-state index is -1.95. The van der Waals surface area contributed by atoms with Gasteiger partial charge < -0.3 is 4.90 Å². The average molecular weight is 306 g/mol. The van der Waals surface area contributed by atoms with Gasteiger partial charge in [-0.3, -0.25) is 4.79 Å². The summed E-state index contributed by atoms with van der Waals surface area (Å²) in [6.07, 6.45) is -1.37. The lowest BCUT2D eigenvalue weighted by molar-refractivity contribution is -0.128. The van der Waals surface area contributed by atoms with Gasteiger partial charge in [0.25, 0.3) is 12.0 Å². The van der Waals surface area contributed by atoms with Crippen LogP contribution in [0.4, 0.5) is 8.78 Å². The van der Waals surface area contributed by atoms with E-state index in [0.717, 1.165) is 18.1 Å². The molecule has 19 heavy (non-hydrogen) atoms. The Morgan fingerprint density at radius 2 is 2.00 bits per heavy atom. The van der Waals surface area contributed by atoms with E-state index in [2.05, 4.69) is 0 Å². The van der Waals surface area contributed by atoms with Crippen LogP contribution in [0.1, 0.15) is 18.1 Å². The molecule has 1 heterocycles. The van der Waals surface area contributed by atoms with Gasteiger partial charge in [0.1, 0.15) is 0 Å². The topological polar surface area (TPSA) is 20.3 Å². The maximum Gasteiger partial charge on any atom is 0.278 e. The van der Waals surface area contributed by atoms with Gasteiger partial charge in [-0.1, -0.05) is 29.3 Å². The molecule has 0 atom stereocenters. The predicted octanol–water partition coefficient (Wildman–Crippen LogP) is 4.05. The summed E-state index contributed by atoms with van der Waals surface area (Å²) < 4.78 is 24.9. The van der Waals surface area contributed by atoms with Crippen LogP contribution < -0.4 is 0 Å². The maximum absolute atomic E-state index is 12.5. The number of carbonyl (C=O) groups excluding carboxylic acids is 1. The van der Waals surface area contributed by atoms with Gasteiger partial charge in [-0.05, 0) is 30.5 Å². The SMILES string of the molecule is CC(C(=O)N1CCc2ccc(Cl)c(Cl)c2C1)=C(F)F. The van der Waals surface area contributed by atoms with Crippen LogP contribution in [0, 0.1) is 0 Å². The highest BCUT2D eigenvalue weighted by atomic mass is 35.5. The summed E-state index contributed by atoms with van der Waals surface area (Å²) in [6.45, 7) is 1.72. The second kappa shape index (κ2) is 5.47. The molecule has 6 heteroatoms. The number of rotatable bonds is 1. The van der Waals surface area contributed by atoms with Crippen molar-refractivity contribution in [3.05, 3.63) is 45.0 Å². The highest BCUT2D eigenvalue weighted by Gasteiger charge is 2.25. The van der Waals surface area contributed by atoms with Crippen LogP contribution in [0.3, 0.4) is 0 Å². The molecule has 1 aromatic rings. The minimum absolute atomic E-state index is 0.207. The lowest BCUT2D eigenvalue weighted by atomic mass is 9.99. The quantitative estimate of drug-likeness (QED) is 0.717. The lowest BCUT2D eigenvalue weighted by Crippen LogP contribution is -2.36. The molecule has 2 nitrogen and oxygen atoms in total. The highest BCUT2D eigenvalue weighted by molar-refractivity contribution is 6.42. The molecule has 1 aliphatic heterocycles. The summed E-state index contributed by atoms with van der Waals surface area (Å²) in [4.78, 5) is 13.2. The molecular weight excluding hydrogens is 295 g/mol. The van der Waals surface area contributed by atoms with E-state index in [-0.39, 0.29) is 6.54 Å². The number of fused-ring (bicyclic) bond motifs is 1. The van der Waals surface area contributed by atoms with Gasteiger partial charge in [0, 0.05) is 13.1 Å². The van der Waals surface area contributed by atoms with E-state index >= 15 is 0 Å².